The van der Waals surface area contributed by atoms with Gasteiger partial charge in [0.2, 0.25) is 0 Å². The molecule has 0 aliphatic heterocycles. The fourth-order valence-electron chi connectivity index (χ4n) is 2.73. The Labute approximate surface area is 168 Å². The summed E-state index contributed by atoms with van der Waals surface area (Å²) in [6.07, 6.45) is -1.45. The van der Waals surface area contributed by atoms with Crippen molar-refractivity contribution in [3.63, 3.8) is 0 Å². The van der Waals surface area contributed by atoms with Crippen LogP contribution in [-0.2, 0) is 16.0 Å². The van der Waals surface area contributed by atoms with E-state index in [9.17, 15) is 30.4 Å². The number of fused-ring (bicyclic) bond motifs is 1. The van der Waals surface area contributed by atoms with Gasteiger partial charge in [-0.3, -0.25) is 9.38 Å². The van der Waals surface area contributed by atoms with Crippen LogP contribution in [0.2, 0.25) is 0 Å². The van der Waals surface area contributed by atoms with Gasteiger partial charge in [0.15, 0.2) is 16.4 Å². The van der Waals surface area contributed by atoms with Crippen molar-refractivity contribution in [1.29, 1.82) is 0 Å². The lowest BCUT2D eigenvalue weighted by molar-refractivity contribution is -0.136. The number of hydrogen-bond donors (Lipinski definition) is 0. The lowest BCUT2D eigenvalue weighted by Crippen LogP contribution is -2.20. The lowest BCUT2D eigenvalue weighted by atomic mass is 10.2. The second-order valence-electron chi connectivity index (χ2n) is 6.53. The fraction of sp³-hybridized carbons (Fsp3) is 0.333. The largest absolute Gasteiger partial charge is 0.486 e. The highest BCUT2D eigenvalue weighted by atomic mass is 32.2. The van der Waals surface area contributed by atoms with E-state index in [1.54, 1.807) is 0 Å². The third-order valence-corrected chi connectivity index (χ3v) is 5.86. The number of nitrogens with zero attached hydrogens (tertiary/aromatic N) is 3. The number of alkyl halides is 5. The van der Waals surface area contributed by atoms with Gasteiger partial charge in [-0.15, -0.1) is 0 Å². The predicted molar refractivity (Wildman–Crippen MR) is 97.3 cm³/mol. The number of rotatable bonds is 6. The van der Waals surface area contributed by atoms with Crippen LogP contribution in [0.4, 0.5) is 22.0 Å². The number of aromatic nitrogens is 3. The number of imidazole rings is 1. The molecule has 0 radical (unpaired) electrons. The molecule has 3 rings (SSSR count). The Hall–Kier alpha value is -2.76. The van der Waals surface area contributed by atoms with Crippen LogP contribution < -0.4 is 4.74 Å². The van der Waals surface area contributed by atoms with Gasteiger partial charge in [-0.1, -0.05) is 6.92 Å². The maximum absolute atomic E-state index is 13.5. The molecule has 3 aromatic rings. The zero-order valence-corrected chi connectivity index (χ0v) is 16.6. The summed E-state index contributed by atoms with van der Waals surface area (Å²) >= 11 is 0. The number of ether oxygens (including phenoxy) is 1. The molecule has 0 fully saturated rings. The molecule has 0 bridgehead atoms. The second-order valence-corrected chi connectivity index (χ2v) is 8.78. The minimum absolute atomic E-state index is 0.00559. The summed E-state index contributed by atoms with van der Waals surface area (Å²) in [6, 6.07) is 3.09. The third-order valence-electron chi connectivity index (χ3n) is 4.12. The number of halogens is 5. The van der Waals surface area contributed by atoms with E-state index in [0.717, 1.165) is 16.8 Å². The van der Waals surface area contributed by atoms with Gasteiger partial charge in [-0.05, 0) is 18.2 Å². The van der Waals surface area contributed by atoms with E-state index in [1.807, 2.05) is 0 Å². The van der Waals surface area contributed by atoms with Gasteiger partial charge in [0, 0.05) is 19.3 Å². The lowest BCUT2D eigenvalue weighted by Gasteiger charge is -2.17. The molecular formula is C18H16F5N3O3S. The molecule has 12 heteroatoms. The molecule has 0 amide bonds. The van der Waals surface area contributed by atoms with Gasteiger partial charge in [-0.25, -0.2) is 22.2 Å². The molecule has 0 saturated carbocycles. The fourth-order valence-corrected chi connectivity index (χ4v) is 3.84. The quantitative estimate of drug-likeness (QED) is 0.527. The highest BCUT2D eigenvalue weighted by Gasteiger charge is 2.37. The van der Waals surface area contributed by atoms with Gasteiger partial charge in [-0.2, -0.15) is 13.2 Å². The SMILES string of the molecule is CCS(=O)(=O)c1cc(C(F)(F)F)c2nccn2c1-c1ccc(OCC(C)(F)F)cn1. The van der Waals surface area contributed by atoms with Crippen LogP contribution in [-0.4, -0.2) is 41.1 Å². The third kappa shape index (κ3) is 4.37. The smallest absolute Gasteiger partial charge is 0.420 e. The molecule has 0 atom stereocenters. The van der Waals surface area contributed by atoms with Crippen molar-refractivity contribution in [2.45, 2.75) is 30.8 Å². The van der Waals surface area contributed by atoms with Crippen molar-refractivity contribution >= 4 is 15.5 Å². The van der Waals surface area contributed by atoms with Gasteiger partial charge in [0.25, 0.3) is 5.92 Å². The summed E-state index contributed by atoms with van der Waals surface area (Å²) in [5.41, 5.74) is -1.80. The standard InChI is InChI=1S/C18H16F5N3O3S/c1-3-30(27,28)14-8-12(18(21,22)23)16-24-6-7-26(16)15(14)13-5-4-11(9-25-13)29-10-17(2,19)20/h4-9H,3,10H2,1-2H3. The molecule has 3 heterocycles. The van der Waals surface area contributed by atoms with E-state index in [0.29, 0.717) is 13.0 Å². The normalized spacial score (nSPS) is 13.0. The number of sulfone groups is 1. The molecule has 0 N–H and O–H groups in total. The summed E-state index contributed by atoms with van der Waals surface area (Å²) in [6.45, 7) is 1.09. The Morgan fingerprint density at radius 1 is 1.13 bits per heavy atom. The average molecular weight is 449 g/mol. The monoisotopic (exact) mass is 449 g/mol. The van der Waals surface area contributed by atoms with E-state index in [4.69, 9.17) is 4.74 Å². The van der Waals surface area contributed by atoms with Crippen LogP contribution in [0.25, 0.3) is 17.0 Å². The maximum atomic E-state index is 13.5. The summed E-state index contributed by atoms with van der Waals surface area (Å²) in [5.74, 6) is -3.52. The first-order chi connectivity index (χ1) is 13.8. The van der Waals surface area contributed by atoms with E-state index in [-0.39, 0.29) is 17.1 Å². The van der Waals surface area contributed by atoms with Gasteiger partial charge < -0.3 is 4.74 Å². The molecule has 0 aliphatic rings. The van der Waals surface area contributed by atoms with E-state index in [1.165, 1.54) is 25.3 Å². The van der Waals surface area contributed by atoms with E-state index < -0.39 is 50.4 Å². The van der Waals surface area contributed by atoms with Crippen LogP contribution in [0.3, 0.4) is 0 Å². The topological polar surface area (TPSA) is 73.6 Å². The molecule has 6 nitrogen and oxygen atoms in total. The second kappa shape index (κ2) is 7.49. The van der Waals surface area contributed by atoms with Crippen LogP contribution in [0.5, 0.6) is 5.75 Å². The molecule has 0 saturated heterocycles. The Balaban J connectivity index is 2.20. The van der Waals surface area contributed by atoms with Gasteiger partial charge in [0.05, 0.1) is 28.2 Å². The molecule has 30 heavy (non-hydrogen) atoms. The number of pyridine rings is 2. The Morgan fingerprint density at radius 3 is 2.37 bits per heavy atom. The highest BCUT2D eigenvalue weighted by Crippen LogP contribution is 2.38. The van der Waals surface area contributed by atoms with E-state index >= 15 is 0 Å². The zero-order valence-electron chi connectivity index (χ0n) is 15.7. The van der Waals surface area contributed by atoms with Gasteiger partial charge >= 0.3 is 6.18 Å². The van der Waals surface area contributed by atoms with Crippen molar-refractivity contribution in [2.24, 2.45) is 0 Å². The molecule has 0 aromatic carbocycles. The minimum atomic E-state index is -4.83. The van der Waals surface area contributed by atoms with Crippen LogP contribution in [0, 0.1) is 0 Å². The Morgan fingerprint density at radius 2 is 1.83 bits per heavy atom. The van der Waals surface area contributed by atoms with E-state index in [2.05, 4.69) is 9.97 Å². The maximum Gasteiger partial charge on any atom is 0.420 e. The van der Waals surface area contributed by atoms with Crippen molar-refractivity contribution in [2.75, 3.05) is 12.4 Å². The summed E-state index contributed by atoms with van der Waals surface area (Å²) < 4.78 is 97.4. The first-order valence-electron chi connectivity index (χ1n) is 8.60. The van der Waals surface area contributed by atoms with Crippen LogP contribution >= 0.6 is 0 Å². The Kier molecular flexibility index (Phi) is 5.48. The average Bonchev–Trinajstić information content (AvgIpc) is 3.13. The molecule has 0 unspecified atom stereocenters. The first kappa shape index (κ1) is 21.9. The predicted octanol–water partition coefficient (Wildman–Crippen LogP) is 4.24. The van der Waals surface area contributed by atoms with Crippen molar-refractivity contribution in [3.8, 4) is 17.1 Å². The highest BCUT2D eigenvalue weighted by molar-refractivity contribution is 7.91. The van der Waals surface area contributed by atoms with Crippen LogP contribution in [0.1, 0.15) is 19.4 Å². The Bertz CT molecular complexity index is 1170. The zero-order chi connectivity index (χ0) is 22.3. The minimum Gasteiger partial charge on any atom is -0.486 e. The summed E-state index contributed by atoms with van der Waals surface area (Å²) in [5, 5.41) is 0. The molecule has 0 aliphatic carbocycles. The molecular weight excluding hydrogens is 433 g/mol. The summed E-state index contributed by atoms with van der Waals surface area (Å²) in [7, 11) is -4.09. The van der Waals surface area contributed by atoms with Crippen molar-refractivity contribution in [1.82, 2.24) is 14.4 Å². The van der Waals surface area contributed by atoms with Crippen molar-refractivity contribution in [3.05, 3.63) is 42.4 Å². The first-order valence-corrected chi connectivity index (χ1v) is 10.3. The number of hydrogen-bond acceptors (Lipinski definition) is 5. The van der Waals surface area contributed by atoms with Crippen LogP contribution in [0.15, 0.2) is 41.7 Å². The summed E-state index contributed by atoms with van der Waals surface area (Å²) in [4.78, 5) is 7.16. The molecule has 3 aromatic heterocycles. The van der Waals surface area contributed by atoms with Gasteiger partial charge in [0.1, 0.15) is 17.0 Å². The van der Waals surface area contributed by atoms with Crippen molar-refractivity contribution < 1.29 is 35.1 Å². The molecule has 0 spiro atoms. The molecule has 162 valence electrons.